The summed E-state index contributed by atoms with van der Waals surface area (Å²) in [5, 5.41) is 1.91. The second kappa shape index (κ2) is 11.1. The molecule has 0 aliphatic carbocycles. The number of hydrogen-bond donors (Lipinski definition) is 0. The van der Waals surface area contributed by atoms with E-state index in [0.29, 0.717) is 13.0 Å². The van der Waals surface area contributed by atoms with Crippen LogP contribution in [-0.2, 0) is 18.7 Å². The summed E-state index contributed by atoms with van der Waals surface area (Å²) in [7, 11) is -2.96. The molecule has 1 amide bonds. The molecule has 5 rings (SSSR count). The lowest BCUT2D eigenvalue weighted by Gasteiger charge is -2.46. The van der Waals surface area contributed by atoms with Crippen LogP contribution in [0.5, 0.6) is 0 Å². The van der Waals surface area contributed by atoms with Crippen molar-refractivity contribution in [2.75, 3.05) is 19.8 Å². The Morgan fingerprint density at radius 3 is 2.00 bits per heavy atom. The number of carbonyl (C=O) groups excluding carboxylic acids is 2. The Hall–Kier alpha value is -3.26. The number of hydrogen-bond acceptors (Lipinski definition) is 5. The molecule has 204 valence electrons. The fraction of sp³-hybridized carbons (Fsp3) is 0.375. The highest BCUT2D eigenvalue weighted by Crippen LogP contribution is 2.42. The second-order valence-corrected chi connectivity index (χ2v) is 15.6. The molecule has 3 aromatic carbocycles. The quantitative estimate of drug-likeness (QED) is 0.365. The first-order chi connectivity index (χ1) is 18.8. The van der Waals surface area contributed by atoms with Crippen molar-refractivity contribution in [1.82, 2.24) is 4.90 Å². The molecule has 0 saturated carbocycles. The van der Waals surface area contributed by atoms with Crippen LogP contribution in [0.3, 0.4) is 0 Å². The van der Waals surface area contributed by atoms with E-state index in [2.05, 4.69) is 45.0 Å². The lowest BCUT2D eigenvalue weighted by atomic mass is 9.93. The molecule has 0 N–H and O–H groups in total. The highest BCUT2D eigenvalue weighted by Gasteiger charge is 2.56. The molecule has 2 saturated heterocycles. The maximum absolute atomic E-state index is 14.4. The van der Waals surface area contributed by atoms with Gasteiger partial charge < -0.3 is 13.9 Å². The monoisotopic (exact) mass is 543 g/mol. The maximum Gasteiger partial charge on any atom is 0.413 e. The first-order valence-corrected chi connectivity index (χ1v) is 15.6. The SMILES string of the molecule is CC(C)(C)[Si](OCC(=O)[C@]1(N2C(=O)OC[C@H]2c2ccccc2)CCCCO1)(c1ccccc1)c1ccccc1. The molecule has 7 heteroatoms. The number of cyclic esters (lactones) is 1. The molecule has 2 fully saturated rings. The van der Waals surface area contributed by atoms with E-state index in [1.54, 1.807) is 4.90 Å². The fourth-order valence-corrected chi connectivity index (χ4v) is 10.6. The molecule has 0 radical (unpaired) electrons. The Kier molecular flexibility index (Phi) is 7.76. The number of nitrogens with zero attached hydrogens (tertiary/aromatic N) is 1. The molecule has 2 aliphatic rings. The molecule has 0 bridgehead atoms. The van der Waals surface area contributed by atoms with Gasteiger partial charge in [0.15, 0.2) is 0 Å². The number of ketones is 1. The summed E-state index contributed by atoms with van der Waals surface area (Å²) in [6.07, 6.45) is 1.50. The average Bonchev–Trinajstić information content (AvgIpc) is 3.36. The van der Waals surface area contributed by atoms with Gasteiger partial charge in [-0.2, -0.15) is 0 Å². The van der Waals surface area contributed by atoms with Crippen LogP contribution in [0.15, 0.2) is 91.0 Å². The summed E-state index contributed by atoms with van der Waals surface area (Å²) in [5.74, 6) is -0.241. The Balaban J connectivity index is 1.54. The van der Waals surface area contributed by atoms with Gasteiger partial charge in [0.25, 0.3) is 8.32 Å². The zero-order chi connectivity index (χ0) is 27.5. The highest BCUT2D eigenvalue weighted by atomic mass is 28.4. The summed E-state index contributed by atoms with van der Waals surface area (Å²) in [6, 6.07) is 29.8. The van der Waals surface area contributed by atoms with E-state index in [0.717, 1.165) is 28.8 Å². The van der Waals surface area contributed by atoms with Crippen molar-refractivity contribution in [2.45, 2.75) is 56.8 Å². The van der Waals surface area contributed by atoms with Crippen molar-refractivity contribution in [1.29, 1.82) is 0 Å². The number of rotatable bonds is 8. The standard InChI is InChI=1S/C32H37NO5Si/c1-31(2,3)39(26-17-9-5-10-18-26,27-19-11-6-12-20-27)38-24-29(34)32(21-13-14-22-37-32)33-28(23-36-30(33)35)25-15-7-4-8-16-25/h4-12,15-20,28H,13-14,21-24H2,1-3H3/t28-,32-/m0/s1. The van der Waals surface area contributed by atoms with Crippen LogP contribution in [0.1, 0.15) is 51.6 Å². The minimum absolute atomic E-state index is 0.168. The highest BCUT2D eigenvalue weighted by molar-refractivity contribution is 6.99. The molecule has 0 unspecified atom stereocenters. The molecular weight excluding hydrogens is 506 g/mol. The van der Waals surface area contributed by atoms with Gasteiger partial charge in [-0.3, -0.25) is 9.69 Å². The zero-order valence-corrected chi connectivity index (χ0v) is 24.0. The summed E-state index contributed by atoms with van der Waals surface area (Å²) in [4.78, 5) is 29.1. The predicted octanol–water partition coefficient (Wildman–Crippen LogP) is 5.22. The van der Waals surface area contributed by atoms with Gasteiger partial charge in [-0.1, -0.05) is 112 Å². The summed E-state index contributed by atoms with van der Waals surface area (Å²) < 4.78 is 18.8. The van der Waals surface area contributed by atoms with Gasteiger partial charge in [-0.25, -0.2) is 4.79 Å². The van der Waals surface area contributed by atoms with Crippen molar-refractivity contribution in [3.8, 4) is 0 Å². The third kappa shape index (κ3) is 4.95. The Bertz CT molecular complexity index is 1230. The molecule has 3 aromatic rings. The minimum atomic E-state index is -2.96. The maximum atomic E-state index is 14.4. The molecule has 39 heavy (non-hydrogen) atoms. The first-order valence-electron chi connectivity index (χ1n) is 13.7. The smallest absolute Gasteiger partial charge is 0.413 e. The van der Waals surface area contributed by atoms with E-state index in [9.17, 15) is 9.59 Å². The second-order valence-electron chi connectivity index (χ2n) is 11.3. The number of benzene rings is 3. The third-order valence-corrected chi connectivity index (χ3v) is 13.0. The Morgan fingerprint density at radius 2 is 1.49 bits per heavy atom. The largest absolute Gasteiger partial charge is 0.447 e. The topological polar surface area (TPSA) is 65.1 Å². The minimum Gasteiger partial charge on any atom is -0.447 e. The zero-order valence-electron chi connectivity index (χ0n) is 23.0. The van der Waals surface area contributed by atoms with Gasteiger partial charge >= 0.3 is 6.09 Å². The summed E-state index contributed by atoms with van der Waals surface area (Å²) in [5.41, 5.74) is -0.518. The number of carbonyl (C=O) groups is 2. The first kappa shape index (κ1) is 27.3. The third-order valence-electron chi connectivity index (χ3n) is 7.97. The predicted molar refractivity (Wildman–Crippen MR) is 153 cm³/mol. The van der Waals surface area contributed by atoms with Crippen molar-refractivity contribution < 1.29 is 23.5 Å². The Labute approximate surface area is 232 Å². The van der Waals surface area contributed by atoms with Gasteiger partial charge in [0.1, 0.15) is 6.61 Å². The normalized spacial score (nSPS) is 22.0. The van der Waals surface area contributed by atoms with Gasteiger partial charge in [0.05, 0.1) is 12.6 Å². The fourth-order valence-electron chi connectivity index (χ4n) is 6.11. The number of ether oxygens (including phenoxy) is 2. The van der Waals surface area contributed by atoms with Crippen LogP contribution in [0.25, 0.3) is 0 Å². The van der Waals surface area contributed by atoms with E-state index in [4.69, 9.17) is 13.9 Å². The van der Waals surface area contributed by atoms with Crippen LogP contribution in [-0.4, -0.2) is 50.6 Å². The van der Waals surface area contributed by atoms with E-state index in [1.165, 1.54) is 0 Å². The average molecular weight is 544 g/mol. The molecule has 2 aliphatic heterocycles. The molecule has 2 heterocycles. The molecular formula is C32H37NO5Si. The van der Waals surface area contributed by atoms with Gasteiger partial charge in [0.2, 0.25) is 11.5 Å². The molecule has 0 aromatic heterocycles. The van der Waals surface area contributed by atoms with Crippen LogP contribution in [0.2, 0.25) is 5.04 Å². The van der Waals surface area contributed by atoms with E-state index >= 15 is 0 Å². The van der Waals surface area contributed by atoms with Crippen molar-refractivity contribution >= 4 is 30.6 Å². The van der Waals surface area contributed by atoms with Crippen LogP contribution >= 0.6 is 0 Å². The van der Waals surface area contributed by atoms with Crippen molar-refractivity contribution in [2.24, 2.45) is 0 Å². The Morgan fingerprint density at radius 1 is 0.923 bits per heavy atom. The van der Waals surface area contributed by atoms with Crippen LogP contribution in [0.4, 0.5) is 4.79 Å². The number of amides is 1. The van der Waals surface area contributed by atoms with E-state index < -0.39 is 26.2 Å². The lowest BCUT2D eigenvalue weighted by Crippen LogP contribution is -2.68. The molecule has 2 atom stereocenters. The van der Waals surface area contributed by atoms with Crippen LogP contribution in [0, 0.1) is 0 Å². The van der Waals surface area contributed by atoms with E-state index in [-0.39, 0.29) is 24.0 Å². The number of Topliss-reactive ketones (excluding diaryl/α,β-unsaturated/α-hetero) is 1. The van der Waals surface area contributed by atoms with Crippen molar-refractivity contribution in [3.05, 3.63) is 96.6 Å². The van der Waals surface area contributed by atoms with E-state index in [1.807, 2.05) is 66.7 Å². The van der Waals surface area contributed by atoms with Gasteiger partial charge in [-0.15, -0.1) is 0 Å². The summed E-state index contributed by atoms with van der Waals surface area (Å²) >= 11 is 0. The lowest BCUT2D eigenvalue weighted by molar-refractivity contribution is -0.186. The summed E-state index contributed by atoms with van der Waals surface area (Å²) in [6.45, 7) is 6.95. The van der Waals surface area contributed by atoms with Gasteiger partial charge in [-0.05, 0) is 33.8 Å². The van der Waals surface area contributed by atoms with Gasteiger partial charge in [0, 0.05) is 13.0 Å². The molecule has 6 nitrogen and oxygen atoms in total. The van der Waals surface area contributed by atoms with Crippen molar-refractivity contribution in [3.63, 3.8) is 0 Å². The molecule has 0 spiro atoms. The van der Waals surface area contributed by atoms with Crippen LogP contribution < -0.4 is 10.4 Å².